The van der Waals surface area contributed by atoms with Gasteiger partial charge in [0.05, 0.1) is 11.9 Å². The number of nitrogens with one attached hydrogen (secondary N) is 1. The van der Waals surface area contributed by atoms with E-state index < -0.39 is 0 Å². The predicted octanol–water partition coefficient (Wildman–Crippen LogP) is 2.34. The van der Waals surface area contributed by atoms with Gasteiger partial charge < -0.3 is 5.32 Å². The van der Waals surface area contributed by atoms with Gasteiger partial charge in [0.1, 0.15) is 0 Å². The van der Waals surface area contributed by atoms with E-state index in [1.54, 1.807) is 0 Å². The summed E-state index contributed by atoms with van der Waals surface area (Å²) in [6.07, 6.45) is 5.37. The fraction of sp³-hybridized carbons (Fsp3) is 0.357. The van der Waals surface area contributed by atoms with Crippen molar-refractivity contribution in [2.24, 2.45) is 0 Å². The fourth-order valence-electron chi connectivity index (χ4n) is 2.56. The molecule has 0 bridgehead atoms. The Morgan fingerprint density at radius 1 is 1.29 bits per heavy atom. The molecule has 2 unspecified atom stereocenters. The summed E-state index contributed by atoms with van der Waals surface area (Å²) >= 11 is 0. The minimum absolute atomic E-state index is 0.559. The summed E-state index contributed by atoms with van der Waals surface area (Å²) in [5, 5.41) is 7.93. The molecular weight excluding hydrogens is 210 g/mol. The minimum Gasteiger partial charge on any atom is -0.314 e. The van der Waals surface area contributed by atoms with E-state index in [1.165, 1.54) is 12.0 Å². The van der Waals surface area contributed by atoms with E-state index in [0.717, 1.165) is 12.2 Å². The van der Waals surface area contributed by atoms with Crippen LogP contribution >= 0.6 is 0 Å². The Kier molecular flexibility index (Phi) is 2.69. The third-order valence-electron chi connectivity index (χ3n) is 3.58. The van der Waals surface area contributed by atoms with Gasteiger partial charge in [-0.1, -0.05) is 18.2 Å². The Labute approximate surface area is 101 Å². The highest BCUT2D eigenvalue weighted by Gasteiger charge is 2.25. The van der Waals surface area contributed by atoms with Crippen molar-refractivity contribution in [3.63, 3.8) is 0 Å². The van der Waals surface area contributed by atoms with E-state index >= 15 is 0 Å². The second-order valence-corrected chi connectivity index (χ2v) is 4.69. The number of hydrogen-bond acceptors (Lipinski definition) is 2. The molecule has 0 radical (unpaired) electrons. The van der Waals surface area contributed by atoms with E-state index in [2.05, 4.69) is 35.7 Å². The van der Waals surface area contributed by atoms with Crippen molar-refractivity contribution in [3.8, 4) is 5.69 Å². The Morgan fingerprint density at radius 2 is 2.12 bits per heavy atom. The third kappa shape index (κ3) is 1.98. The lowest BCUT2D eigenvalue weighted by molar-refractivity contribution is 0.594. The molecule has 0 spiro atoms. The lowest BCUT2D eigenvalue weighted by atomic mass is 9.96. The zero-order chi connectivity index (χ0) is 11.7. The smallest absolute Gasteiger partial charge is 0.0645 e. The molecule has 2 atom stereocenters. The maximum atomic E-state index is 4.45. The highest BCUT2D eigenvalue weighted by Crippen LogP contribution is 2.27. The molecule has 0 aliphatic carbocycles. The molecule has 3 heteroatoms. The molecule has 1 aliphatic heterocycles. The molecule has 17 heavy (non-hydrogen) atoms. The Balaban J connectivity index is 1.88. The van der Waals surface area contributed by atoms with Gasteiger partial charge in [-0.3, -0.25) is 0 Å². The number of para-hydroxylation sites is 1. The summed E-state index contributed by atoms with van der Waals surface area (Å²) in [6, 6.07) is 10.8. The summed E-state index contributed by atoms with van der Waals surface area (Å²) in [7, 11) is 0. The van der Waals surface area contributed by atoms with E-state index in [-0.39, 0.29) is 0 Å². The van der Waals surface area contributed by atoms with Crippen LogP contribution in [0.5, 0.6) is 0 Å². The lowest BCUT2D eigenvalue weighted by Gasteiger charge is -2.12. The van der Waals surface area contributed by atoms with Gasteiger partial charge in [-0.2, -0.15) is 5.10 Å². The highest BCUT2D eigenvalue weighted by atomic mass is 15.3. The van der Waals surface area contributed by atoms with Gasteiger partial charge in [0.2, 0.25) is 0 Å². The number of nitrogens with zero attached hydrogens (tertiary/aromatic N) is 2. The summed E-state index contributed by atoms with van der Waals surface area (Å²) < 4.78 is 1.96. The first kappa shape index (κ1) is 10.5. The molecule has 88 valence electrons. The topological polar surface area (TPSA) is 29.9 Å². The SMILES string of the molecule is CC1NCCC1c1cnn(-c2ccccc2)c1. The number of aromatic nitrogens is 2. The van der Waals surface area contributed by atoms with Crippen LogP contribution in [0.2, 0.25) is 0 Å². The zero-order valence-electron chi connectivity index (χ0n) is 10.0. The van der Waals surface area contributed by atoms with Crippen molar-refractivity contribution in [1.82, 2.24) is 15.1 Å². The molecule has 0 saturated carbocycles. The molecule has 0 amide bonds. The van der Waals surface area contributed by atoms with Crippen molar-refractivity contribution < 1.29 is 0 Å². The maximum Gasteiger partial charge on any atom is 0.0645 e. The van der Waals surface area contributed by atoms with Gasteiger partial charge in [-0.25, -0.2) is 4.68 Å². The number of hydrogen-bond donors (Lipinski definition) is 1. The molecule has 1 saturated heterocycles. The molecule has 1 aliphatic rings. The summed E-state index contributed by atoms with van der Waals surface area (Å²) in [4.78, 5) is 0. The second-order valence-electron chi connectivity index (χ2n) is 4.69. The van der Waals surface area contributed by atoms with Crippen molar-refractivity contribution in [1.29, 1.82) is 0 Å². The van der Waals surface area contributed by atoms with Crippen molar-refractivity contribution in [3.05, 3.63) is 48.3 Å². The van der Waals surface area contributed by atoms with Gasteiger partial charge in [-0.05, 0) is 37.6 Å². The molecule has 1 aromatic heterocycles. The standard InChI is InChI=1S/C14H17N3/c1-11-14(7-8-15-11)12-9-16-17(10-12)13-5-3-2-4-6-13/h2-6,9-11,14-15H,7-8H2,1H3. The molecule has 1 N–H and O–H groups in total. The van der Waals surface area contributed by atoms with Crippen LogP contribution in [-0.2, 0) is 0 Å². The number of rotatable bonds is 2. The molecule has 3 rings (SSSR count). The Hall–Kier alpha value is -1.61. The van der Waals surface area contributed by atoms with Crippen LogP contribution in [0.3, 0.4) is 0 Å². The summed E-state index contributed by atoms with van der Waals surface area (Å²) in [5.74, 6) is 0.604. The molecule has 2 aromatic rings. The van der Waals surface area contributed by atoms with E-state index in [9.17, 15) is 0 Å². The first-order chi connectivity index (χ1) is 8.34. The van der Waals surface area contributed by atoms with Crippen LogP contribution in [0.25, 0.3) is 5.69 Å². The van der Waals surface area contributed by atoms with Crippen LogP contribution < -0.4 is 5.32 Å². The molecular formula is C14H17N3. The van der Waals surface area contributed by atoms with Crippen LogP contribution in [0.15, 0.2) is 42.7 Å². The van der Waals surface area contributed by atoms with Gasteiger partial charge >= 0.3 is 0 Å². The van der Waals surface area contributed by atoms with Gasteiger partial charge in [0.15, 0.2) is 0 Å². The maximum absolute atomic E-state index is 4.45. The molecule has 1 fully saturated rings. The predicted molar refractivity (Wildman–Crippen MR) is 68.4 cm³/mol. The van der Waals surface area contributed by atoms with Crippen LogP contribution in [0.4, 0.5) is 0 Å². The Bertz CT molecular complexity index is 489. The zero-order valence-corrected chi connectivity index (χ0v) is 10.0. The molecule has 2 heterocycles. The van der Waals surface area contributed by atoms with Gasteiger partial charge in [0, 0.05) is 18.2 Å². The number of benzene rings is 1. The highest BCUT2D eigenvalue weighted by molar-refractivity contribution is 5.31. The van der Waals surface area contributed by atoms with E-state index in [1.807, 2.05) is 29.1 Å². The average Bonchev–Trinajstić information content (AvgIpc) is 2.98. The Morgan fingerprint density at radius 3 is 2.82 bits per heavy atom. The van der Waals surface area contributed by atoms with Crippen LogP contribution in [0, 0.1) is 0 Å². The van der Waals surface area contributed by atoms with Gasteiger partial charge in [-0.15, -0.1) is 0 Å². The van der Waals surface area contributed by atoms with Gasteiger partial charge in [0.25, 0.3) is 0 Å². The normalized spacial score (nSPS) is 24.1. The summed E-state index contributed by atoms with van der Waals surface area (Å²) in [5.41, 5.74) is 2.46. The second kappa shape index (κ2) is 4.34. The first-order valence-electron chi connectivity index (χ1n) is 6.18. The summed E-state index contributed by atoms with van der Waals surface area (Å²) in [6.45, 7) is 3.36. The minimum atomic E-state index is 0.559. The average molecular weight is 227 g/mol. The van der Waals surface area contributed by atoms with Crippen LogP contribution in [0.1, 0.15) is 24.8 Å². The van der Waals surface area contributed by atoms with Crippen molar-refractivity contribution in [2.75, 3.05) is 6.54 Å². The van der Waals surface area contributed by atoms with E-state index in [4.69, 9.17) is 0 Å². The molecule has 3 nitrogen and oxygen atoms in total. The largest absolute Gasteiger partial charge is 0.314 e. The van der Waals surface area contributed by atoms with Crippen molar-refractivity contribution >= 4 is 0 Å². The molecule has 1 aromatic carbocycles. The van der Waals surface area contributed by atoms with E-state index in [0.29, 0.717) is 12.0 Å². The lowest BCUT2D eigenvalue weighted by Crippen LogP contribution is -2.21. The van der Waals surface area contributed by atoms with Crippen molar-refractivity contribution in [2.45, 2.75) is 25.3 Å². The fourth-order valence-corrected chi connectivity index (χ4v) is 2.56. The van der Waals surface area contributed by atoms with Crippen LogP contribution in [-0.4, -0.2) is 22.4 Å². The quantitative estimate of drug-likeness (QED) is 0.853. The first-order valence-corrected chi connectivity index (χ1v) is 6.18. The third-order valence-corrected chi connectivity index (χ3v) is 3.58. The monoisotopic (exact) mass is 227 g/mol.